The second-order valence-electron chi connectivity index (χ2n) is 10.6. The van der Waals surface area contributed by atoms with E-state index in [2.05, 4.69) is 10.6 Å². The van der Waals surface area contributed by atoms with Gasteiger partial charge in [-0.1, -0.05) is 41.9 Å². The van der Waals surface area contributed by atoms with Gasteiger partial charge in [-0.15, -0.1) is 0 Å². The maximum absolute atomic E-state index is 16.6. The Hall–Kier alpha value is -3.04. The maximum atomic E-state index is 16.6. The van der Waals surface area contributed by atoms with Crippen molar-refractivity contribution in [3.05, 3.63) is 86.9 Å². The van der Waals surface area contributed by atoms with Crippen LogP contribution in [0.2, 0.25) is 5.02 Å². The van der Waals surface area contributed by atoms with E-state index in [9.17, 15) is 9.90 Å². The molecular formula is C31H31ClF2N2O4. The molecule has 9 heteroatoms. The number of halogens is 3. The second-order valence-corrected chi connectivity index (χ2v) is 11.0. The summed E-state index contributed by atoms with van der Waals surface area (Å²) in [5.74, 6) is -1.59. The third-order valence-corrected chi connectivity index (χ3v) is 8.81. The van der Waals surface area contributed by atoms with Crippen LogP contribution in [0, 0.1) is 11.6 Å². The summed E-state index contributed by atoms with van der Waals surface area (Å²) in [5.41, 5.74) is 1.77. The van der Waals surface area contributed by atoms with E-state index < -0.39 is 29.2 Å². The Bertz CT molecular complexity index is 1460. The van der Waals surface area contributed by atoms with Gasteiger partial charge in [0.25, 0.3) is 5.91 Å². The van der Waals surface area contributed by atoms with E-state index >= 15 is 8.78 Å². The van der Waals surface area contributed by atoms with Gasteiger partial charge in [0.15, 0.2) is 5.60 Å². The number of rotatable bonds is 7. The minimum atomic E-state index is -0.852. The van der Waals surface area contributed by atoms with Crippen LogP contribution >= 0.6 is 11.6 Å². The van der Waals surface area contributed by atoms with E-state index in [-0.39, 0.29) is 41.0 Å². The summed E-state index contributed by atoms with van der Waals surface area (Å²) < 4.78 is 44.5. The van der Waals surface area contributed by atoms with E-state index in [0.29, 0.717) is 41.7 Å². The van der Waals surface area contributed by atoms with Gasteiger partial charge in [-0.25, -0.2) is 8.78 Å². The van der Waals surface area contributed by atoms with Crippen LogP contribution in [-0.4, -0.2) is 43.9 Å². The van der Waals surface area contributed by atoms with Crippen molar-refractivity contribution >= 4 is 17.5 Å². The van der Waals surface area contributed by atoms with Crippen LogP contribution in [0.25, 0.3) is 11.1 Å². The van der Waals surface area contributed by atoms with E-state index in [0.717, 1.165) is 24.9 Å². The molecule has 1 fully saturated rings. The highest BCUT2D eigenvalue weighted by atomic mass is 35.5. The Morgan fingerprint density at radius 2 is 2.00 bits per heavy atom. The number of nitrogens with one attached hydrogen (secondary N) is 2. The number of carbonyl (C=O) groups excluding carboxylic acids is 1. The second kappa shape index (κ2) is 10.7. The highest BCUT2D eigenvalue weighted by molar-refractivity contribution is 6.34. The Kier molecular flexibility index (Phi) is 7.29. The number of benzene rings is 3. The molecule has 1 saturated heterocycles. The van der Waals surface area contributed by atoms with Crippen LogP contribution in [-0.2, 0) is 23.2 Å². The van der Waals surface area contributed by atoms with Crippen molar-refractivity contribution in [1.82, 2.24) is 10.6 Å². The van der Waals surface area contributed by atoms with E-state index in [1.165, 1.54) is 13.1 Å². The van der Waals surface area contributed by atoms with Crippen molar-refractivity contribution in [3.63, 3.8) is 0 Å². The topological polar surface area (TPSA) is 79.8 Å². The molecule has 1 amide bonds. The van der Waals surface area contributed by atoms with E-state index in [1.807, 2.05) is 30.3 Å². The summed E-state index contributed by atoms with van der Waals surface area (Å²) in [4.78, 5) is 13.2. The zero-order valence-corrected chi connectivity index (χ0v) is 22.9. The molecule has 6 rings (SSSR count). The first-order valence-corrected chi connectivity index (χ1v) is 14.1. The van der Waals surface area contributed by atoms with Crippen molar-refractivity contribution in [1.29, 1.82) is 0 Å². The van der Waals surface area contributed by atoms with Crippen molar-refractivity contribution < 1.29 is 28.2 Å². The molecule has 1 unspecified atom stereocenters. The third kappa shape index (κ3) is 4.29. The van der Waals surface area contributed by atoms with Crippen LogP contribution in [0.1, 0.15) is 58.0 Å². The molecule has 3 aromatic carbocycles. The van der Waals surface area contributed by atoms with Gasteiger partial charge < -0.3 is 25.2 Å². The smallest absolute Gasteiger partial charge is 0.251 e. The molecule has 2 heterocycles. The minimum absolute atomic E-state index is 0.0338. The third-order valence-electron chi connectivity index (χ3n) is 8.44. The molecule has 3 N–H and O–H groups in total. The van der Waals surface area contributed by atoms with Crippen LogP contribution in [0.15, 0.2) is 42.5 Å². The lowest BCUT2D eigenvalue weighted by Crippen LogP contribution is -2.48. The van der Waals surface area contributed by atoms with Crippen LogP contribution in [0.5, 0.6) is 5.75 Å². The molecule has 0 spiro atoms. The van der Waals surface area contributed by atoms with Gasteiger partial charge in [0, 0.05) is 36.2 Å². The lowest BCUT2D eigenvalue weighted by molar-refractivity contribution is 0.0290. The predicted molar refractivity (Wildman–Crippen MR) is 148 cm³/mol. The van der Waals surface area contributed by atoms with Crippen molar-refractivity contribution in [2.24, 2.45) is 0 Å². The fraction of sp³-hybridized carbons (Fsp3) is 0.387. The first-order chi connectivity index (χ1) is 19.4. The van der Waals surface area contributed by atoms with Crippen LogP contribution in [0.4, 0.5) is 8.78 Å². The number of fused-ring (bicyclic) bond motifs is 2. The molecule has 210 valence electrons. The molecule has 0 radical (unpaired) electrons. The predicted octanol–water partition coefficient (Wildman–Crippen LogP) is 5.22. The highest BCUT2D eigenvalue weighted by Crippen LogP contribution is 2.53. The normalized spacial score (nSPS) is 23.1. The van der Waals surface area contributed by atoms with Gasteiger partial charge in [-0.2, -0.15) is 0 Å². The lowest BCUT2D eigenvalue weighted by Gasteiger charge is -2.35. The standard InChI is InChI=1S/C31H31ClF2N2O4/c1-35-30(38)20-14-19-18(9-10-23(19)39-13-12-37)29(34)27(20)26-21-16-31(25-8-5-11-36-25,17-6-3-2-4-7-17)40-24(21)15-22(33)28(26)32/h2-4,6-7,14-15,23,25,36-37H,5,8-13,16H2,1H3,(H,35,38)/t23?,25-,31-/m0/s1. The number of aliphatic hydroxyl groups is 1. The summed E-state index contributed by atoms with van der Waals surface area (Å²) >= 11 is 6.65. The first-order valence-electron chi connectivity index (χ1n) is 13.7. The Balaban J connectivity index is 1.56. The molecule has 0 saturated carbocycles. The van der Waals surface area contributed by atoms with Crippen LogP contribution < -0.4 is 15.4 Å². The molecule has 1 aliphatic carbocycles. The molecule has 3 aromatic rings. The number of hydrogen-bond donors (Lipinski definition) is 3. The average Bonchev–Trinajstić information content (AvgIpc) is 3.73. The number of aliphatic hydroxyl groups excluding tert-OH is 1. The molecule has 40 heavy (non-hydrogen) atoms. The highest BCUT2D eigenvalue weighted by Gasteiger charge is 2.50. The average molecular weight is 569 g/mol. The van der Waals surface area contributed by atoms with Crippen LogP contribution in [0.3, 0.4) is 0 Å². The Labute approximate surface area is 236 Å². The number of carbonyl (C=O) groups is 1. The molecule has 6 nitrogen and oxygen atoms in total. The zero-order chi connectivity index (χ0) is 28.0. The monoisotopic (exact) mass is 568 g/mol. The number of hydrogen-bond acceptors (Lipinski definition) is 5. The van der Waals surface area contributed by atoms with Crippen molar-refractivity contribution in [2.75, 3.05) is 26.8 Å². The molecule has 3 atom stereocenters. The van der Waals surface area contributed by atoms with Gasteiger partial charge in [-0.3, -0.25) is 4.79 Å². The fourth-order valence-electron chi connectivity index (χ4n) is 6.63. The molecule has 0 bridgehead atoms. The summed E-state index contributed by atoms with van der Waals surface area (Å²) in [6.45, 7) is 0.763. The van der Waals surface area contributed by atoms with Crippen molar-refractivity contribution in [2.45, 2.75) is 49.9 Å². The van der Waals surface area contributed by atoms with Gasteiger partial charge >= 0.3 is 0 Å². The minimum Gasteiger partial charge on any atom is -0.480 e. The number of amides is 1. The zero-order valence-electron chi connectivity index (χ0n) is 22.2. The summed E-state index contributed by atoms with van der Waals surface area (Å²) in [6.07, 6.45) is 2.59. The fourth-order valence-corrected chi connectivity index (χ4v) is 6.89. The SMILES string of the molecule is CNC(=O)c1cc2c(c(F)c1-c1c(Cl)c(F)cc3c1C[C@](c1ccccc1)([C@@H]1CCCN1)O3)CCC2OCCO. The lowest BCUT2D eigenvalue weighted by atomic mass is 9.80. The first kappa shape index (κ1) is 27.1. The van der Waals surface area contributed by atoms with Gasteiger partial charge in [0.2, 0.25) is 0 Å². The van der Waals surface area contributed by atoms with E-state index in [1.54, 1.807) is 6.07 Å². The molecule has 3 aliphatic rings. The quantitative estimate of drug-likeness (QED) is 0.364. The Morgan fingerprint density at radius 1 is 1.20 bits per heavy atom. The molecule has 0 aromatic heterocycles. The van der Waals surface area contributed by atoms with E-state index in [4.69, 9.17) is 21.1 Å². The molecule has 2 aliphatic heterocycles. The Morgan fingerprint density at radius 3 is 2.70 bits per heavy atom. The maximum Gasteiger partial charge on any atom is 0.251 e. The van der Waals surface area contributed by atoms with Crippen molar-refractivity contribution in [3.8, 4) is 16.9 Å². The summed E-state index contributed by atoms with van der Waals surface area (Å²) in [7, 11) is 1.46. The number of ether oxygens (including phenoxy) is 2. The largest absolute Gasteiger partial charge is 0.480 e. The summed E-state index contributed by atoms with van der Waals surface area (Å²) in [6, 6.07) is 12.6. The van der Waals surface area contributed by atoms with Gasteiger partial charge in [0.1, 0.15) is 17.4 Å². The van der Waals surface area contributed by atoms with Gasteiger partial charge in [-0.05, 0) is 55.0 Å². The summed E-state index contributed by atoms with van der Waals surface area (Å²) in [5, 5.41) is 15.1. The van der Waals surface area contributed by atoms with Gasteiger partial charge in [0.05, 0.1) is 35.9 Å². The molecular weight excluding hydrogens is 538 g/mol.